The molecule has 0 amide bonds. The van der Waals surface area contributed by atoms with Crippen LogP contribution in [0.4, 0.5) is 0 Å². The van der Waals surface area contributed by atoms with Crippen LogP contribution < -0.4 is 9.26 Å². The Balaban J connectivity index is 2.40. The molecular weight excluding hydrogens is 339 g/mol. The molecule has 25 heavy (non-hydrogen) atoms. The van der Waals surface area contributed by atoms with E-state index < -0.39 is 7.67 Å². The predicted octanol–water partition coefficient (Wildman–Crippen LogP) is 3.54. The van der Waals surface area contributed by atoms with Crippen LogP contribution in [0.2, 0.25) is 0 Å². The van der Waals surface area contributed by atoms with Gasteiger partial charge < -0.3 is 9.26 Å². The molecule has 0 fully saturated rings. The Kier molecular flexibility index (Phi) is 6.01. The first-order chi connectivity index (χ1) is 11.8. The van der Waals surface area contributed by atoms with Crippen LogP contribution in [-0.4, -0.2) is 50.4 Å². The molecule has 0 aliphatic rings. The van der Waals surface area contributed by atoms with Crippen molar-refractivity contribution in [2.75, 3.05) is 35.3 Å². The lowest BCUT2D eigenvalue weighted by molar-refractivity contribution is 0.103. The summed E-state index contributed by atoms with van der Waals surface area (Å²) >= 11 is 0. The van der Waals surface area contributed by atoms with E-state index in [9.17, 15) is 9.36 Å². The van der Waals surface area contributed by atoms with E-state index in [-0.39, 0.29) is 11.5 Å². The van der Waals surface area contributed by atoms with E-state index in [2.05, 4.69) is 0 Å². The summed E-state index contributed by atoms with van der Waals surface area (Å²) in [6.07, 6.45) is 0. The maximum absolute atomic E-state index is 13.1. The fourth-order valence-corrected chi connectivity index (χ4v) is 3.74. The topological polar surface area (TPSA) is 59.1 Å². The summed E-state index contributed by atoms with van der Waals surface area (Å²) in [5, 5.41) is 0. The molecule has 134 valence electrons. The van der Waals surface area contributed by atoms with E-state index in [0.29, 0.717) is 16.9 Å². The summed E-state index contributed by atoms with van der Waals surface area (Å²) in [6.45, 7) is 0. The van der Waals surface area contributed by atoms with Gasteiger partial charge in [-0.15, -0.1) is 0 Å². The normalized spacial score (nSPS) is 11.6. The van der Waals surface area contributed by atoms with Crippen molar-refractivity contribution in [3.05, 3.63) is 59.7 Å². The molecule has 0 unspecified atom stereocenters. The van der Waals surface area contributed by atoms with Gasteiger partial charge in [0.05, 0.1) is 12.7 Å². The number of methoxy groups -OCH3 is 1. The first kappa shape index (κ1) is 19.2. The van der Waals surface area contributed by atoms with Gasteiger partial charge in [-0.1, -0.05) is 12.1 Å². The molecule has 0 spiro atoms. The van der Waals surface area contributed by atoms with E-state index >= 15 is 0 Å². The first-order valence-corrected chi connectivity index (χ1v) is 9.25. The second kappa shape index (κ2) is 7.83. The van der Waals surface area contributed by atoms with E-state index in [1.54, 1.807) is 83.8 Å². The number of benzene rings is 2. The number of rotatable bonds is 7. The molecule has 2 aromatic rings. The molecule has 0 aromatic heterocycles. The van der Waals surface area contributed by atoms with Crippen LogP contribution in [0.15, 0.2) is 48.5 Å². The molecule has 0 bridgehead atoms. The minimum Gasteiger partial charge on any atom is -0.497 e. The molecule has 0 aliphatic carbocycles. The number of ketones is 1. The van der Waals surface area contributed by atoms with Crippen molar-refractivity contribution >= 4 is 13.5 Å². The largest absolute Gasteiger partial charge is 0.497 e. The fraction of sp³-hybridized carbons (Fsp3) is 0.278. The lowest BCUT2D eigenvalue weighted by atomic mass is 10.0. The summed E-state index contributed by atoms with van der Waals surface area (Å²) in [5.74, 6) is 0.752. The number of hydrogen-bond donors (Lipinski definition) is 0. The minimum absolute atomic E-state index is 0.206. The van der Waals surface area contributed by atoms with Gasteiger partial charge in [0.15, 0.2) is 5.78 Å². The van der Waals surface area contributed by atoms with E-state index in [4.69, 9.17) is 9.26 Å². The molecule has 2 aromatic carbocycles. The molecule has 0 saturated carbocycles. The maximum atomic E-state index is 13.1. The highest BCUT2D eigenvalue weighted by molar-refractivity contribution is 7.54. The van der Waals surface area contributed by atoms with Crippen molar-refractivity contribution < 1.29 is 18.6 Å². The fourth-order valence-electron chi connectivity index (χ4n) is 2.28. The summed E-state index contributed by atoms with van der Waals surface area (Å²) in [5.41, 5.74) is 0.859. The van der Waals surface area contributed by atoms with Crippen molar-refractivity contribution in [2.45, 2.75) is 0 Å². The Morgan fingerprint density at radius 3 is 2.00 bits per heavy atom. The van der Waals surface area contributed by atoms with Crippen molar-refractivity contribution in [3.63, 3.8) is 0 Å². The number of ether oxygens (including phenoxy) is 1. The molecule has 7 heteroatoms. The van der Waals surface area contributed by atoms with Gasteiger partial charge >= 0.3 is 7.67 Å². The molecule has 0 heterocycles. The SMILES string of the molecule is COc1ccc(C(=O)c2ccccc2OP(=O)(N(C)C)N(C)C)cc1. The Morgan fingerprint density at radius 1 is 0.920 bits per heavy atom. The van der Waals surface area contributed by atoms with Crippen LogP contribution in [0.1, 0.15) is 15.9 Å². The average molecular weight is 362 g/mol. The van der Waals surface area contributed by atoms with Crippen LogP contribution in [0.25, 0.3) is 0 Å². The second-order valence-corrected chi connectivity index (χ2v) is 8.59. The first-order valence-electron chi connectivity index (χ1n) is 7.72. The lowest BCUT2D eigenvalue weighted by Crippen LogP contribution is -2.25. The number of carbonyl (C=O) groups is 1. The van der Waals surface area contributed by atoms with Gasteiger partial charge in [-0.2, -0.15) is 0 Å². The monoisotopic (exact) mass is 362 g/mol. The molecule has 6 nitrogen and oxygen atoms in total. The molecular formula is C18H23N2O4P. The van der Waals surface area contributed by atoms with Crippen molar-refractivity contribution in [1.82, 2.24) is 9.34 Å². The Labute approximate surface area is 148 Å². The second-order valence-electron chi connectivity index (χ2n) is 5.83. The van der Waals surface area contributed by atoms with E-state index in [1.165, 1.54) is 9.34 Å². The number of hydrogen-bond acceptors (Lipinski definition) is 4. The highest BCUT2D eigenvalue weighted by Crippen LogP contribution is 2.51. The van der Waals surface area contributed by atoms with Crippen LogP contribution >= 0.6 is 7.67 Å². The molecule has 0 N–H and O–H groups in total. The number of nitrogens with zero attached hydrogens (tertiary/aromatic N) is 2. The Bertz CT molecular complexity index is 776. The molecule has 0 aliphatic heterocycles. The van der Waals surface area contributed by atoms with Gasteiger partial charge in [0.25, 0.3) is 0 Å². The van der Waals surface area contributed by atoms with Gasteiger partial charge in [0.1, 0.15) is 11.5 Å². The zero-order valence-corrected chi connectivity index (χ0v) is 16.0. The lowest BCUT2D eigenvalue weighted by Gasteiger charge is -2.30. The third-order valence-corrected chi connectivity index (χ3v) is 6.17. The van der Waals surface area contributed by atoms with Crippen LogP contribution in [0.5, 0.6) is 11.5 Å². The zero-order chi connectivity index (χ0) is 18.6. The smallest absolute Gasteiger partial charge is 0.394 e. The average Bonchev–Trinajstić information content (AvgIpc) is 2.61. The van der Waals surface area contributed by atoms with Gasteiger partial charge in [0, 0.05) is 5.56 Å². The summed E-state index contributed by atoms with van der Waals surface area (Å²) in [7, 11) is 5.01. The molecule has 0 saturated heterocycles. The van der Waals surface area contributed by atoms with Crippen molar-refractivity contribution in [1.29, 1.82) is 0 Å². The predicted molar refractivity (Wildman–Crippen MR) is 98.5 cm³/mol. The number of carbonyl (C=O) groups excluding carboxylic acids is 1. The third kappa shape index (κ3) is 4.10. The highest BCUT2D eigenvalue weighted by atomic mass is 31.2. The Morgan fingerprint density at radius 2 is 1.48 bits per heavy atom. The summed E-state index contributed by atoms with van der Waals surface area (Å²) < 4.78 is 27.0. The zero-order valence-electron chi connectivity index (χ0n) is 15.1. The summed E-state index contributed by atoms with van der Waals surface area (Å²) in [4.78, 5) is 12.9. The van der Waals surface area contributed by atoms with Gasteiger partial charge in [-0.3, -0.25) is 4.79 Å². The molecule has 0 atom stereocenters. The van der Waals surface area contributed by atoms with Gasteiger partial charge in [-0.25, -0.2) is 13.9 Å². The van der Waals surface area contributed by atoms with E-state index in [1.807, 2.05) is 0 Å². The van der Waals surface area contributed by atoms with Crippen LogP contribution in [0.3, 0.4) is 0 Å². The quantitative estimate of drug-likeness (QED) is 0.555. The van der Waals surface area contributed by atoms with E-state index in [0.717, 1.165) is 0 Å². The highest BCUT2D eigenvalue weighted by Gasteiger charge is 2.32. The Hall–Kier alpha value is -2.14. The number of para-hydroxylation sites is 1. The molecule has 2 rings (SSSR count). The minimum atomic E-state index is -3.26. The third-order valence-electron chi connectivity index (χ3n) is 3.71. The van der Waals surface area contributed by atoms with Crippen molar-refractivity contribution in [3.8, 4) is 11.5 Å². The van der Waals surface area contributed by atoms with Gasteiger partial charge in [-0.05, 0) is 64.6 Å². The van der Waals surface area contributed by atoms with Crippen LogP contribution in [0, 0.1) is 0 Å². The maximum Gasteiger partial charge on any atom is 0.394 e. The standard InChI is InChI=1S/C18H23N2O4P/c1-19(2)25(22,20(3)4)24-17-9-7-6-8-16(17)18(21)14-10-12-15(23-5)13-11-14/h6-13H,1-5H3. The summed E-state index contributed by atoms with van der Waals surface area (Å²) in [6, 6.07) is 13.6. The van der Waals surface area contributed by atoms with Crippen LogP contribution in [-0.2, 0) is 4.57 Å². The molecule has 0 radical (unpaired) electrons. The van der Waals surface area contributed by atoms with Gasteiger partial charge in [0.2, 0.25) is 0 Å². The van der Waals surface area contributed by atoms with Crippen molar-refractivity contribution in [2.24, 2.45) is 0 Å².